The number of hydrogen-bond acceptors (Lipinski definition) is 1. The Labute approximate surface area is 66.3 Å². The van der Waals surface area contributed by atoms with E-state index < -0.39 is 0 Å². The van der Waals surface area contributed by atoms with Gasteiger partial charge in [-0.05, 0) is 18.9 Å². The Morgan fingerprint density at radius 2 is 2.18 bits per heavy atom. The molecule has 0 spiro atoms. The van der Waals surface area contributed by atoms with Crippen LogP contribution in [0.4, 0.5) is 0 Å². The Morgan fingerprint density at radius 3 is 2.73 bits per heavy atom. The molecule has 2 nitrogen and oxygen atoms in total. The van der Waals surface area contributed by atoms with Crippen LogP contribution in [0, 0.1) is 6.92 Å². The highest BCUT2D eigenvalue weighted by Crippen LogP contribution is 2.03. The number of pyridine rings is 1. The molecule has 0 amide bonds. The van der Waals surface area contributed by atoms with Crippen LogP contribution in [0.3, 0.4) is 0 Å². The fourth-order valence-electron chi connectivity index (χ4n) is 1.15. The van der Waals surface area contributed by atoms with Gasteiger partial charge in [-0.1, -0.05) is 19.4 Å². The minimum absolute atomic E-state index is 0.0117. The van der Waals surface area contributed by atoms with Crippen LogP contribution in [0.2, 0.25) is 0 Å². The summed E-state index contributed by atoms with van der Waals surface area (Å²) < 4.78 is 0. The first-order chi connectivity index (χ1) is 5.24. The quantitative estimate of drug-likeness (QED) is 0.684. The van der Waals surface area contributed by atoms with Gasteiger partial charge in [0, 0.05) is 11.8 Å². The van der Waals surface area contributed by atoms with E-state index in [1.54, 1.807) is 6.07 Å². The lowest BCUT2D eigenvalue weighted by molar-refractivity contribution is 0.894. The van der Waals surface area contributed by atoms with Crippen molar-refractivity contribution in [2.24, 2.45) is 0 Å². The van der Waals surface area contributed by atoms with Gasteiger partial charge in [0.25, 0.3) is 0 Å². The Balaban J connectivity index is 2.99. The normalized spacial score (nSPS) is 10.0. The predicted molar refractivity (Wildman–Crippen MR) is 45.8 cm³/mol. The van der Waals surface area contributed by atoms with Gasteiger partial charge in [0.05, 0.1) is 0 Å². The summed E-state index contributed by atoms with van der Waals surface area (Å²) in [5.74, 6) is 0. The van der Waals surface area contributed by atoms with Crippen molar-refractivity contribution in [1.82, 2.24) is 4.98 Å². The maximum Gasteiger partial charge on any atom is 0.248 e. The van der Waals surface area contributed by atoms with E-state index in [0.29, 0.717) is 0 Å². The molecule has 60 valence electrons. The molecule has 0 fully saturated rings. The number of H-pyrrole nitrogens is 1. The molecule has 0 aliphatic carbocycles. The van der Waals surface area contributed by atoms with Crippen molar-refractivity contribution in [2.75, 3.05) is 0 Å². The molecule has 1 aromatic heterocycles. The highest BCUT2D eigenvalue weighted by Gasteiger charge is 1.95. The van der Waals surface area contributed by atoms with E-state index >= 15 is 0 Å². The van der Waals surface area contributed by atoms with Crippen LogP contribution in [0.5, 0.6) is 0 Å². The molecule has 0 saturated heterocycles. The van der Waals surface area contributed by atoms with Crippen LogP contribution in [0.1, 0.15) is 24.6 Å². The smallest absolute Gasteiger partial charge is 0.248 e. The molecule has 0 saturated carbocycles. The van der Waals surface area contributed by atoms with Crippen molar-refractivity contribution in [2.45, 2.75) is 26.7 Å². The average molecular weight is 151 g/mol. The lowest BCUT2D eigenvalue weighted by atomic mass is 10.1. The van der Waals surface area contributed by atoms with Gasteiger partial charge >= 0.3 is 0 Å². The van der Waals surface area contributed by atoms with E-state index in [0.717, 1.165) is 18.5 Å². The molecule has 0 radical (unpaired) electrons. The lowest BCUT2D eigenvalue weighted by Crippen LogP contribution is -2.07. The van der Waals surface area contributed by atoms with Crippen LogP contribution in [0.15, 0.2) is 16.9 Å². The molecular formula is C9H13NO. The zero-order valence-electron chi connectivity index (χ0n) is 6.98. The minimum Gasteiger partial charge on any atom is -0.326 e. The number of aryl methyl sites for hydroxylation is 2. The molecule has 0 aliphatic rings. The maximum atomic E-state index is 10.8. The monoisotopic (exact) mass is 151 g/mol. The van der Waals surface area contributed by atoms with Crippen LogP contribution >= 0.6 is 0 Å². The summed E-state index contributed by atoms with van der Waals surface area (Å²) in [6.07, 6.45) is 2.16. The third-order valence-electron chi connectivity index (χ3n) is 1.75. The number of aromatic nitrogens is 1. The Hall–Kier alpha value is -1.05. The molecule has 1 rings (SSSR count). The highest BCUT2D eigenvalue weighted by atomic mass is 16.1. The van der Waals surface area contributed by atoms with Crippen molar-refractivity contribution >= 4 is 0 Å². The fourth-order valence-corrected chi connectivity index (χ4v) is 1.15. The van der Waals surface area contributed by atoms with E-state index in [4.69, 9.17) is 0 Å². The zero-order chi connectivity index (χ0) is 8.27. The fraction of sp³-hybridized carbons (Fsp3) is 0.444. The molecule has 1 aromatic rings. The van der Waals surface area contributed by atoms with Crippen LogP contribution in [-0.4, -0.2) is 4.98 Å². The van der Waals surface area contributed by atoms with Gasteiger partial charge < -0.3 is 4.98 Å². The van der Waals surface area contributed by atoms with Gasteiger partial charge in [0.15, 0.2) is 0 Å². The lowest BCUT2D eigenvalue weighted by Gasteiger charge is -2.01. The van der Waals surface area contributed by atoms with Gasteiger partial charge in [0.1, 0.15) is 0 Å². The van der Waals surface area contributed by atoms with Crippen molar-refractivity contribution in [3.8, 4) is 0 Å². The Morgan fingerprint density at radius 1 is 1.45 bits per heavy atom. The first-order valence-electron chi connectivity index (χ1n) is 3.93. The van der Waals surface area contributed by atoms with Gasteiger partial charge in [-0.2, -0.15) is 0 Å². The number of nitrogens with one attached hydrogen (secondary N) is 1. The SMILES string of the molecule is CCCc1ccc(=O)[nH]c1C. The molecule has 2 heteroatoms. The second-order valence-electron chi connectivity index (χ2n) is 2.72. The topological polar surface area (TPSA) is 32.9 Å². The summed E-state index contributed by atoms with van der Waals surface area (Å²) in [6.45, 7) is 4.07. The third kappa shape index (κ3) is 1.93. The first kappa shape index (κ1) is 8.05. The van der Waals surface area contributed by atoms with Crippen LogP contribution < -0.4 is 5.56 Å². The largest absolute Gasteiger partial charge is 0.326 e. The van der Waals surface area contributed by atoms with E-state index in [9.17, 15) is 4.79 Å². The van der Waals surface area contributed by atoms with Crippen molar-refractivity contribution < 1.29 is 0 Å². The highest BCUT2D eigenvalue weighted by molar-refractivity contribution is 5.18. The van der Waals surface area contributed by atoms with Crippen LogP contribution in [-0.2, 0) is 6.42 Å². The minimum atomic E-state index is -0.0117. The van der Waals surface area contributed by atoms with E-state index in [1.807, 2.05) is 13.0 Å². The summed E-state index contributed by atoms with van der Waals surface area (Å²) in [5.41, 5.74) is 2.23. The number of hydrogen-bond donors (Lipinski definition) is 1. The standard InChI is InChI=1S/C9H13NO/c1-3-4-8-5-6-9(11)10-7(8)2/h5-6H,3-4H2,1-2H3,(H,10,11). The summed E-state index contributed by atoms with van der Waals surface area (Å²) in [6, 6.07) is 3.48. The van der Waals surface area contributed by atoms with Crippen molar-refractivity contribution in [3.05, 3.63) is 33.7 Å². The number of aromatic amines is 1. The van der Waals surface area contributed by atoms with Gasteiger partial charge in [-0.15, -0.1) is 0 Å². The van der Waals surface area contributed by atoms with Gasteiger partial charge in [-0.3, -0.25) is 4.79 Å². The summed E-state index contributed by atoms with van der Waals surface area (Å²) in [7, 11) is 0. The van der Waals surface area contributed by atoms with E-state index in [1.165, 1.54) is 5.56 Å². The number of rotatable bonds is 2. The third-order valence-corrected chi connectivity index (χ3v) is 1.75. The van der Waals surface area contributed by atoms with Crippen molar-refractivity contribution in [1.29, 1.82) is 0 Å². The molecule has 11 heavy (non-hydrogen) atoms. The summed E-state index contributed by atoms with van der Waals surface area (Å²) in [4.78, 5) is 13.6. The molecule has 1 N–H and O–H groups in total. The van der Waals surface area contributed by atoms with Crippen molar-refractivity contribution in [3.63, 3.8) is 0 Å². The zero-order valence-corrected chi connectivity index (χ0v) is 6.98. The molecule has 1 heterocycles. The average Bonchev–Trinajstić information content (AvgIpc) is 1.95. The Kier molecular flexibility index (Phi) is 2.47. The second kappa shape index (κ2) is 3.37. The molecule has 0 unspecified atom stereocenters. The molecule has 0 bridgehead atoms. The first-order valence-corrected chi connectivity index (χ1v) is 3.93. The predicted octanol–water partition coefficient (Wildman–Crippen LogP) is 1.64. The molecular weight excluding hydrogens is 138 g/mol. The summed E-state index contributed by atoms with van der Waals surface area (Å²) in [5, 5.41) is 0. The van der Waals surface area contributed by atoms with E-state index in [-0.39, 0.29) is 5.56 Å². The summed E-state index contributed by atoms with van der Waals surface area (Å²) >= 11 is 0. The van der Waals surface area contributed by atoms with Gasteiger partial charge in [0.2, 0.25) is 5.56 Å². The Bertz CT molecular complexity index is 288. The molecule has 0 aliphatic heterocycles. The second-order valence-corrected chi connectivity index (χ2v) is 2.72. The molecule has 0 aromatic carbocycles. The van der Waals surface area contributed by atoms with E-state index in [2.05, 4.69) is 11.9 Å². The maximum absolute atomic E-state index is 10.8. The van der Waals surface area contributed by atoms with Gasteiger partial charge in [-0.25, -0.2) is 0 Å². The van der Waals surface area contributed by atoms with Crippen LogP contribution in [0.25, 0.3) is 0 Å². The molecule has 0 atom stereocenters.